The molecule has 2 aromatic carbocycles. The Labute approximate surface area is 180 Å². The van der Waals surface area contributed by atoms with Crippen molar-refractivity contribution in [2.75, 3.05) is 18.5 Å². The predicted molar refractivity (Wildman–Crippen MR) is 120 cm³/mol. The van der Waals surface area contributed by atoms with Gasteiger partial charge in [-0.15, -0.1) is 11.3 Å². The van der Waals surface area contributed by atoms with Crippen molar-refractivity contribution in [1.82, 2.24) is 4.98 Å². The fourth-order valence-corrected chi connectivity index (χ4v) is 4.87. The van der Waals surface area contributed by atoms with Gasteiger partial charge in [0.25, 0.3) is 0 Å². The molecule has 0 amide bonds. The van der Waals surface area contributed by atoms with Crippen molar-refractivity contribution < 1.29 is 14.6 Å². The van der Waals surface area contributed by atoms with E-state index in [0.29, 0.717) is 13.0 Å². The molecule has 5 nitrogen and oxygen atoms in total. The molecule has 156 valence electrons. The Morgan fingerprint density at radius 1 is 1.23 bits per heavy atom. The number of carboxylic acid groups (broad SMARTS) is 1. The van der Waals surface area contributed by atoms with E-state index >= 15 is 0 Å². The molecule has 6 heteroatoms. The van der Waals surface area contributed by atoms with E-state index in [2.05, 4.69) is 46.9 Å². The number of nitrogens with one attached hydrogen (secondary N) is 1. The van der Waals surface area contributed by atoms with Gasteiger partial charge in [0.05, 0.1) is 18.7 Å². The number of nitrogens with zero attached hydrogens (tertiary/aromatic N) is 1. The molecule has 0 fully saturated rings. The lowest BCUT2D eigenvalue weighted by Gasteiger charge is -2.16. The molecule has 1 atom stereocenters. The summed E-state index contributed by atoms with van der Waals surface area (Å²) in [6, 6.07) is 14.4. The Morgan fingerprint density at radius 3 is 2.93 bits per heavy atom. The number of rotatable bonds is 8. The van der Waals surface area contributed by atoms with Gasteiger partial charge in [-0.3, -0.25) is 4.79 Å². The summed E-state index contributed by atoms with van der Waals surface area (Å²) in [6.45, 7) is 3.49. The number of anilines is 1. The van der Waals surface area contributed by atoms with Crippen molar-refractivity contribution in [2.24, 2.45) is 0 Å². The summed E-state index contributed by atoms with van der Waals surface area (Å²) in [6.07, 6.45) is 2.44. The summed E-state index contributed by atoms with van der Waals surface area (Å²) < 4.78 is 6.01. The van der Waals surface area contributed by atoms with Gasteiger partial charge in [0.15, 0.2) is 5.13 Å². The molecule has 0 radical (unpaired) electrons. The fraction of sp³-hybridized carbons (Fsp3) is 0.333. The Balaban J connectivity index is 1.46. The predicted octanol–water partition coefficient (Wildman–Crippen LogP) is 4.90. The minimum Gasteiger partial charge on any atom is -0.493 e. The van der Waals surface area contributed by atoms with Gasteiger partial charge in [0, 0.05) is 18.3 Å². The van der Waals surface area contributed by atoms with Crippen molar-refractivity contribution in [3.05, 3.63) is 75.8 Å². The second-order valence-electron chi connectivity index (χ2n) is 7.58. The fourth-order valence-electron chi connectivity index (χ4n) is 4.05. The summed E-state index contributed by atoms with van der Waals surface area (Å²) in [5.74, 6) is 0.0523. The molecule has 1 aliphatic carbocycles. The molecular weight excluding hydrogens is 396 g/mol. The lowest BCUT2D eigenvalue weighted by molar-refractivity contribution is -0.137. The van der Waals surface area contributed by atoms with Crippen LogP contribution in [0.3, 0.4) is 0 Å². The highest BCUT2D eigenvalue weighted by Gasteiger charge is 2.24. The van der Waals surface area contributed by atoms with Crippen LogP contribution in [0.15, 0.2) is 47.8 Å². The van der Waals surface area contributed by atoms with Gasteiger partial charge in [-0.05, 0) is 60.1 Å². The lowest BCUT2D eigenvalue weighted by Crippen LogP contribution is -2.09. The van der Waals surface area contributed by atoms with E-state index in [9.17, 15) is 9.90 Å². The maximum Gasteiger partial charge on any atom is 0.303 e. The molecule has 30 heavy (non-hydrogen) atoms. The summed E-state index contributed by atoms with van der Waals surface area (Å²) in [5, 5.41) is 15.6. The van der Waals surface area contributed by atoms with Crippen molar-refractivity contribution in [3.63, 3.8) is 0 Å². The maximum atomic E-state index is 11.5. The topological polar surface area (TPSA) is 71.5 Å². The highest BCUT2D eigenvalue weighted by atomic mass is 32.1. The normalized spacial score (nSPS) is 15.0. The highest BCUT2D eigenvalue weighted by Crippen LogP contribution is 2.35. The van der Waals surface area contributed by atoms with Crippen molar-refractivity contribution in [1.29, 1.82) is 0 Å². The highest BCUT2D eigenvalue weighted by molar-refractivity contribution is 7.13. The first-order chi connectivity index (χ1) is 14.6. The number of thiazole rings is 1. The van der Waals surface area contributed by atoms with Gasteiger partial charge in [-0.2, -0.15) is 0 Å². The molecule has 4 rings (SSSR count). The van der Waals surface area contributed by atoms with E-state index in [1.165, 1.54) is 16.7 Å². The molecule has 1 unspecified atom stereocenters. The molecule has 1 aliphatic rings. The third kappa shape index (κ3) is 4.82. The first-order valence-corrected chi connectivity index (χ1v) is 11.2. The van der Waals surface area contributed by atoms with E-state index in [1.54, 1.807) is 11.3 Å². The van der Waals surface area contributed by atoms with E-state index in [4.69, 9.17) is 4.74 Å². The number of aliphatic carboxylic acids is 1. The quantitative estimate of drug-likeness (QED) is 0.540. The Kier molecular flexibility index (Phi) is 6.33. The molecule has 1 heterocycles. The molecule has 0 bridgehead atoms. The number of carbonyl (C=O) groups is 1. The number of benzene rings is 2. The summed E-state index contributed by atoms with van der Waals surface area (Å²) in [5.41, 5.74) is 5.83. The van der Waals surface area contributed by atoms with Crippen LogP contribution in [0.5, 0.6) is 5.75 Å². The van der Waals surface area contributed by atoms with Gasteiger partial charge in [-0.25, -0.2) is 4.98 Å². The summed E-state index contributed by atoms with van der Waals surface area (Å²) >= 11 is 1.61. The number of hydrogen-bond acceptors (Lipinski definition) is 5. The molecular formula is C24H26N2O3S. The monoisotopic (exact) mass is 422 g/mol. The van der Waals surface area contributed by atoms with Crippen LogP contribution in [0.1, 0.15) is 47.2 Å². The molecule has 0 saturated carbocycles. The van der Waals surface area contributed by atoms with Crippen LogP contribution in [0.25, 0.3) is 0 Å². The molecule has 0 aliphatic heterocycles. The Bertz CT molecular complexity index is 1030. The molecule has 2 N–H and O–H groups in total. The lowest BCUT2D eigenvalue weighted by atomic mass is 9.89. The zero-order valence-corrected chi connectivity index (χ0v) is 17.9. The summed E-state index contributed by atoms with van der Waals surface area (Å²) in [7, 11) is 0. The number of carboxylic acids is 1. The van der Waals surface area contributed by atoms with Crippen molar-refractivity contribution in [2.45, 2.75) is 38.5 Å². The van der Waals surface area contributed by atoms with Crippen LogP contribution in [-0.4, -0.2) is 29.2 Å². The van der Waals surface area contributed by atoms with Crippen molar-refractivity contribution in [3.8, 4) is 5.75 Å². The third-order valence-corrected chi connectivity index (χ3v) is 6.30. The standard InChI is InChI=1S/C24H26N2O3S/c1-2-25-24-26-20(15-30-24)9-10-29-21-8-7-16-11-17-5-3-4-6-22(17)19(14-23(27)28)12-18(16)13-21/h3-8,13,15,19H,2,9-12,14H2,1H3,(H,25,26)(H,27,28). The molecule has 0 saturated heterocycles. The first kappa shape index (κ1) is 20.4. The second-order valence-corrected chi connectivity index (χ2v) is 8.44. The smallest absolute Gasteiger partial charge is 0.303 e. The number of aromatic nitrogens is 1. The second kappa shape index (κ2) is 9.30. The minimum atomic E-state index is -0.758. The average molecular weight is 423 g/mol. The van der Waals surface area contributed by atoms with Crippen LogP contribution < -0.4 is 10.1 Å². The first-order valence-electron chi connectivity index (χ1n) is 10.3. The average Bonchev–Trinajstić information content (AvgIpc) is 3.10. The van der Waals surface area contributed by atoms with E-state index < -0.39 is 5.97 Å². The SMILES string of the molecule is CCNc1nc(CCOc2ccc3c(c2)CC(CC(=O)O)c2ccccc2C3)cs1. The van der Waals surface area contributed by atoms with Crippen LogP contribution >= 0.6 is 11.3 Å². The Morgan fingerprint density at radius 2 is 2.10 bits per heavy atom. The largest absolute Gasteiger partial charge is 0.493 e. The Hall–Kier alpha value is -2.86. The van der Waals surface area contributed by atoms with E-state index in [-0.39, 0.29) is 12.3 Å². The molecule has 0 spiro atoms. The van der Waals surface area contributed by atoms with Crippen LogP contribution in [0.4, 0.5) is 5.13 Å². The van der Waals surface area contributed by atoms with E-state index in [0.717, 1.165) is 41.5 Å². The number of ether oxygens (including phenoxy) is 1. The van der Waals surface area contributed by atoms with Gasteiger partial charge in [0.1, 0.15) is 5.75 Å². The molecule has 1 aromatic heterocycles. The van der Waals surface area contributed by atoms with Crippen LogP contribution in [-0.2, 0) is 24.1 Å². The van der Waals surface area contributed by atoms with Gasteiger partial charge < -0.3 is 15.2 Å². The van der Waals surface area contributed by atoms with Gasteiger partial charge in [-0.1, -0.05) is 30.3 Å². The van der Waals surface area contributed by atoms with E-state index in [1.807, 2.05) is 18.2 Å². The third-order valence-electron chi connectivity index (χ3n) is 5.45. The number of fused-ring (bicyclic) bond motifs is 2. The zero-order valence-electron chi connectivity index (χ0n) is 17.1. The van der Waals surface area contributed by atoms with Gasteiger partial charge >= 0.3 is 5.97 Å². The minimum absolute atomic E-state index is 0.0188. The maximum absolute atomic E-state index is 11.5. The molecule has 3 aromatic rings. The van der Waals surface area contributed by atoms with Crippen LogP contribution in [0, 0.1) is 0 Å². The zero-order chi connectivity index (χ0) is 20.9. The number of hydrogen-bond donors (Lipinski definition) is 2. The van der Waals surface area contributed by atoms with Gasteiger partial charge in [0.2, 0.25) is 0 Å². The van der Waals surface area contributed by atoms with Crippen LogP contribution in [0.2, 0.25) is 0 Å². The van der Waals surface area contributed by atoms with Crippen molar-refractivity contribution >= 4 is 22.4 Å². The summed E-state index contributed by atoms with van der Waals surface area (Å²) in [4.78, 5) is 16.0.